The number of hydrogen-bond donors (Lipinski definition) is 3. The fourth-order valence-electron chi connectivity index (χ4n) is 1.39. The maximum atomic E-state index is 11.8. The average molecular weight is 408 g/mol. The molecule has 6 nitrogen and oxygen atoms in total. The lowest BCUT2D eigenvalue weighted by molar-refractivity contribution is -0.139. The van der Waals surface area contributed by atoms with Crippen LogP contribution in [0.5, 0.6) is 0 Å². The van der Waals surface area contributed by atoms with E-state index in [2.05, 4.69) is 16.2 Å². The number of hydrazine groups is 1. The van der Waals surface area contributed by atoms with Crippen LogP contribution in [0.1, 0.15) is 23.2 Å². The molecule has 2 rings (SSSR count). The van der Waals surface area contributed by atoms with Crippen LogP contribution in [0.25, 0.3) is 0 Å². The Balaban J connectivity index is 1.87. The predicted octanol–water partition coefficient (Wildman–Crippen LogP) is 0.984. The lowest BCUT2D eigenvalue weighted by atomic mass is 10.2. The molecule has 0 spiro atoms. The van der Waals surface area contributed by atoms with Crippen LogP contribution in [-0.4, -0.2) is 23.8 Å². The van der Waals surface area contributed by atoms with Crippen LogP contribution in [-0.2, 0) is 9.59 Å². The number of nitrogens with one attached hydrogen (secondary N) is 3. The first-order valence-corrected chi connectivity index (χ1v) is 7.29. The molecular weight excluding hydrogens is 397 g/mol. The molecule has 106 valence electrons. The number of amides is 3. The van der Waals surface area contributed by atoms with E-state index in [0.717, 1.165) is 12.8 Å². The molecule has 0 radical (unpaired) electrons. The normalized spacial score (nSPS) is 13.5. The summed E-state index contributed by atoms with van der Waals surface area (Å²) >= 11 is 7.74. The van der Waals surface area contributed by atoms with Crippen molar-refractivity contribution in [3.63, 3.8) is 0 Å². The Bertz CT molecular complexity index is 575. The minimum Gasteiger partial charge on any atom is -0.345 e. The zero-order chi connectivity index (χ0) is 14.7. The number of halogens is 2. The van der Waals surface area contributed by atoms with E-state index in [-0.39, 0.29) is 6.04 Å². The lowest BCUT2D eigenvalue weighted by Gasteiger charge is -2.08. The van der Waals surface area contributed by atoms with Gasteiger partial charge in [0, 0.05) is 14.6 Å². The molecule has 0 heterocycles. The molecule has 1 saturated carbocycles. The summed E-state index contributed by atoms with van der Waals surface area (Å²) in [4.78, 5) is 34.6. The van der Waals surface area contributed by atoms with E-state index in [4.69, 9.17) is 11.6 Å². The van der Waals surface area contributed by atoms with Gasteiger partial charge in [-0.15, -0.1) is 0 Å². The van der Waals surface area contributed by atoms with E-state index in [1.54, 1.807) is 12.1 Å². The van der Waals surface area contributed by atoms with E-state index in [0.29, 0.717) is 14.2 Å². The van der Waals surface area contributed by atoms with Crippen molar-refractivity contribution in [1.82, 2.24) is 16.2 Å². The molecule has 0 aromatic heterocycles. The standard InChI is InChI=1S/C12H11ClIN3O3/c13-6-1-4-8(9(14)5-6)10(18)16-17-12(20)11(19)15-7-2-3-7/h1,4-5,7H,2-3H2,(H,15,19)(H,16,18)(H,17,20). The van der Waals surface area contributed by atoms with E-state index >= 15 is 0 Å². The van der Waals surface area contributed by atoms with Gasteiger partial charge in [0.1, 0.15) is 0 Å². The minimum atomic E-state index is -0.894. The van der Waals surface area contributed by atoms with Crippen molar-refractivity contribution in [2.75, 3.05) is 0 Å². The number of hydrogen-bond acceptors (Lipinski definition) is 3. The van der Waals surface area contributed by atoms with E-state index in [1.165, 1.54) is 6.07 Å². The SMILES string of the molecule is O=C(NNC(=O)c1ccc(Cl)cc1I)C(=O)NC1CC1. The fourth-order valence-corrected chi connectivity index (χ4v) is 2.51. The smallest absolute Gasteiger partial charge is 0.327 e. The second-order valence-electron chi connectivity index (χ2n) is 4.28. The van der Waals surface area contributed by atoms with Gasteiger partial charge in [0.25, 0.3) is 5.91 Å². The van der Waals surface area contributed by atoms with Crippen molar-refractivity contribution >= 4 is 51.9 Å². The van der Waals surface area contributed by atoms with Gasteiger partial charge >= 0.3 is 11.8 Å². The van der Waals surface area contributed by atoms with Gasteiger partial charge in [-0.1, -0.05) is 11.6 Å². The summed E-state index contributed by atoms with van der Waals surface area (Å²) in [5, 5.41) is 3.03. The van der Waals surface area contributed by atoms with Crippen LogP contribution in [0, 0.1) is 3.57 Å². The summed E-state index contributed by atoms with van der Waals surface area (Å²) < 4.78 is 0.643. The molecule has 0 bridgehead atoms. The zero-order valence-corrected chi connectivity index (χ0v) is 13.1. The van der Waals surface area contributed by atoms with Crippen molar-refractivity contribution in [2.24, 2.45) is 0 Å². The van der Waals surface area contributed by atoms with Gasteiger partial charge in [-0.2, -0.15) is 0 Å². The third kappa shape index (κ3) is 4.07. The molecule has 3 amide bonds. The van der Waals surface area contributed by atoms with Crippen LogP contribution in [0.15, 0.2) is 18.2 Å². The molecule has 20 heavy (non-hydrogen) atoms. The summed E-state index contributed by atoms with van der Waals surface area (Å²) in [6.07, 6.45) is 1.77. The van der Waals surface area contributed by atoms with Gasteiger partial charge in [-0.3, -0.25) is 25.2 Å². The molecule has 1 aliphatic rings. The Morgan fingerprint density at radius 3 is 2.45 bits per heavy atom. The number of rotatable bonds is 2. The van der Waals surface area contributed by atoms with Crippen LogP contribution < -0.4 is 16.2 Å². The van der Waals surface area contributed by atoms with Gasteiger partial charge in [-0.25, -0.2) is 0 Å². The third-order valence-electron chi connectivity index (χ3n) is 2.58. The highest BCUT2D eigenvalue weighted by Gasteiger charge is 2.26. The second kappa shape index (κ2) is 6.40. The molecule has 0 atom stereocenters. The highest BCUT2D eigenvalue weighted by atomic mass is 127. The Hall–Kier alpha value is -1.35. The molecule has 0 aliphatic heterocycles. The minimum absolute atomic E-state index is 0.0844. The summed E-state index contributed by atoms with van der Waals surface area (Å²) in [7, 11) is 0. The fraction of sp³-hybridized carbons (Fsp3) is 0.250. The Kier molecular flexibility index (Phi) is 4.81. The second-order valence-corrected chi connectivity index (χ2v) is 5.88. The lowest BCUT2D eigenvalue weighted by Crippen LogP contribution is -2.49. The molecular formula is C12H11ClIN3O3. The first kappa shape index (κ1) is 15.0. The van der Waals surface area contributed by atoms with Gasteiger partial charge in [0.05, 0.1) is 5.56 Å². The summed E-state index contributed by atoms with van der Waals surface area (Å²) in [5.74, 6) is -2.16. The number of carbonyl (C=O) groups excluding carboxylic acids is 3. The average Bonchev–Trinajstić information content (AvgIpc) is 3.19. The van der Waals surface area contributed by atoms with Crippen molar-refractivity contribution in [1.29, 1.82) is 0 Å². The maximum absolute atomic E-state index is 11.8. The van der Waals surface area contributed by atoms with Gasteiger partial charge in [0.2, 0.25) is 0 Å². The summed E-state index contributed by atoms with van der Waals surface area (Å²) in [6.45, 7) is 0. The molecule has 3 N–H and O–H groups in total. The van der Waals surface area contributed by atoms with Gasteiger partial charge in [-0.05, 0) is 53.6 Å². The molecule has 1 aliphatic carbocycles. The zero-order valence-electron chi connectivity index (χ0n) is 10.2. The molecule has 0 unspecified atom stereocenters. The van der Waals surface area contributed by atoms with Crippen molar-refractivity contribution in [2.45, 2.75) is 18.9 Å². The van der Waals surface area contributed by atoms with Crippen LogP contribution in [0.3, 0.4) is 0 Å². The number of benzene rings is 1. The van der Waals surface area contributed by atoms with E-state index < -0.39 is 17.7 Å². The van der Waals surface area contributed by atoms with Gasteiger partial charge in [0.15, 0.2) is 0 Å². The van der Waals surface area contributed by atoms with Crippen molar-refractivity contribution in [3.05, 3.63) is 32.4 Å². The Labute approximate surface area is 133 Å². The van der Waals surface area contributed by atoms with Crippen molar-refractivity contribution in [3.8, 4) is 0 Å². The predicted molar refractivity (Wildman–Crippen MR) is 80.9 cm³/mol. The Morgan fingerprint density at radius 1 is 1.15 bits per heavy atom. The largest absolute Gasteiger partial charge is 0.345 e. The molecule has 1 aromatic rings. The van der Waals surface area contributed by atoms with E-state index in [1.807, 2.05) is 22.6 Å². The number of carbonyl (C=O) groups is 3. The molecule has 8 heteroatoms. The third-order valence-corrected chi connectivity index (χ3v) is 3.71. The summed E-state index contributed by atoms with van der Waals surface area (Å²) in [5.41, 5.74) is 4.61. The highest BCUT2D eigenvalue weighted by Crippen LogP contribution is 2.18. The van der Waals surface area contributed by atoms with E-state index in [9.17, 15) is 14.4 Å². The van der Waals surface area contributed by atoms with Crippen LogP contribution in [0.4, 0.5) is 0 Å². The first-order valence-electron chi connectivity index (χ1n) is 5.83. The molecule has 1 aromatic carbocycles. The summed E-state index contributed by atoms with van der Waals surface area (Å²) in [6, 6.07) is 4.82. The molecule has 0 saturated heterocycles. The monoisotopic (exact) mass is 407 g/mol. The maximum Gasteiger partial charge on any atom is 0.327 e. The van der Waals surface area contributed by atoms with Crippen LogP contribution in [0.2, 0.25) is 5.02 Å². The van der Waals surface area contributed by atoms with Crippen molar-refractivity contribution < 1.29 is 14.4 Å². The topological polar surface area (TPSA) is 87.3 Å². The Morgan fingerprint density at radius 2 is 1.85 bits per heavy atom. The highest BCUT2D eigenvalue weighted by molar-refractivity contribution is 14.1. The van der Waals surface area contributed by atoms with Crippen LogP contribution >= 0.6 is 34.2 Å². The first-order chi connectivity index (χ1) is 9.47. The molecule has 1 fully saturated rings. The quantitative estimate of drug-likeness (QED) is 0.388. The van der Waals surface area contributed by atoms with Gasteiger partial charge < -0.3 is 5.32 Å².